The van der Waals surface area contributed by atoms with Crippen LogP contribution in [-0.2, 0) is 9.59 Å². The quantitative estimate of drug-likeness (QED) is 0.256. The van der Waals surface area contributed by atoms with Crippen LogP contribution in [0.2, 0.25) is 0 Å². The molecule has 8 heteroatoms. The van der Waals surface area contributed by atoms with Crippen LogP contribution in [-0.4, -0.2) is 34.7 Å². The normalized spacial score (nSPS) is 14.9. The molecule has 5 nitrogen and oxygen atoms in total. The van der Waals surface area contributed by atoms with Crippen LogP contribution in [0.3, 0.4) is 0 Å². The van der Waals surface area contributed by atoms with E-state index in [1.54, 1.807) is 12.0 Å². The summed E-state index contributed by atoms with van der Waals surface area (Å²) < 4.78 is 6.66. The molecule has 2 aromatic rings. The summed E-state index contributed by atoms with van der Waals surface area (Å²) in [5.74, 6) is 0.681. The Morgan fingerprint density at radius 1 is 1.19 bits per heavy atom. The lowest BCUT2D eigenvalue weighted by atomic mass is 10.1. The first-order valence-corrected chi connectivity index (χ1v) is 11.9. The summed E-state index contributed by atoms with van der Waals surface area (Å²) in [7, 11) is 1.61. The highest BCUT2D eigenvalue weighted by Gasteiger charge is 2.31. The molecule has 0 saturated carbocycles. The zero-order valence-electron chi connectivity index (χ0n) is 17.1. The Morgan fingerprint density at radius 2 is 1.97 bits per heavy atom. The number of benzene rings is 2. The predicted molar refractivity (Wildman–Crippen MR) is 134 cm³/mol. The average molecular weight is 519 g/mol. The van der Waals surface area contributed by atoms with Crippen molar-refractivity contribution in [1.29, 1.82) is 0 Å². The highest BCUT2D eigenvalue weighted by Crippen LogP contribution is 2.33. The van der Waals surface area contributed by atoms with E-state index in [1.165, 1.54) is 11.8 Å². The topological polar surface area (TPSA) is 58.6 Å². The minimum atomic E-state index is -0.0489. The van der Waals surface area contributed by atoms with Crippen molar-refractivity contribution in [1.82, 2.24) is 4.90 Å². The standard InChI is InChI=1S/C23H23BrN2O3S2/c1-29-19-11-9-18(10-12-19)25-21(27)8-3-2-4-13-26-22(28)20(31-23(26)30)15-16-6-5-7-17(24)14-16/h5-7,9-12,14-15H,2-4,8,13H2,1H3,(H,25,27). The number of rotatable bonds is 9. The van der Waals surface area contributed by atoms with Gasteiger partial charge in [-0.15, -0.1) is 0 Å². The Labute approximate surface area is 200 Å². The van der Waals surface area contributed by atoms with Gasteiger partial charge in [0.05, 0.1) is 12.0 Å². The molecule has 1 saturated heterocycles. The summed E-state index contributed by atoms with van der Waals surface area (Å²) in [5, 5.41) is 2.88. The van der Waals surface area contributed by atoms with Crippen molar-refractivity contribution in [2.24, 2.45) is 0 Å². The molecule has 2 aromatic carbocycles. The number of hydrogen-bond acceptors (Lipinski definition) is 5. The van der Waals surface area contributed by atoms with E-state index in [2.05, 4.69) is 21.2 Å². The third-order valence-electron chi connectivity index (χ3n) is 4.68. The zero-order chi connectivity index (χ0) is 22.2. The van der Waals surface area contributed by atoms with E-state index in [1.807, 2.05) is 54.6 Å². The number of amides is 2. The van der Waals surface area contributed by atoms with Gasteiger partial charge in [0, 0.05) is 23.1 Å². The molecule has 0 aliphatic carbocycles. The summed E-state index contributed by atoms with van der Waals surface area (Å²) in [4.78, 5) is 27.1. The van der Waals surface area contributed by atoms with Crippen LogP contribution in [0, 0.1) is 0 Å². The van der Waals surface area contributed by atoms with E-state index in [9.17, 15) is 9.59 Å². The van der Waals surface area contributed by atoms with Crippen LogP contribution in [0.25, 0.3) is 6.08 Å². The van der Waals surface area contributed by atoms with Crippen LogP contribution in [0.4, 0.5) is 5.69 Å². The highest BCUT2D eigenvalue weighted by atomic mass is 79.9. The first kappa shape index (κ1) is 23.5. The van der Waals surface area contributed by atoms with Crippen molar-refractivity contribution in [3.63, 3.8) is 0 Å². The number of anilines is 1. The fourth-order valence-corrected chi connectivity index (χ4v) is 4.80. The molecule has 0 spiro atoms. The predicted octanol–water partition coefficient (Wildman–Crippen LogP) is 5.86. The molecule has 3 rings (SSSR count). The molecular formula is C23H23BrN2O3S2. The highest BCUT2D eigenvalue weighted by molar-refractivity contribution is 9.10. The van der Waals surface area contributed by atoms with Crippen molar-refractivity contribution in [3.8, 4) is 5.75 Å². The van der Waals surface area contributed by atoms with Gasteiger partial charge in [0.2, 0.25) is 5.91 Å². The Morgan fingerprint density at radius 3 is 2.68 bits per heavy atom. The van der Waals surface area contributed by atoms with E-state index < -0.39 is 0 Å². The molecule has 162 valence electrons. The number of hydrogen-bond donors (Lipinski definition) is 1. The fraction of sp³-hybridized carbons (Fsp3) is 0.261. The molecular weight excluding hydrogens is 496 g/mol. The van der Waals surface area contributed by atoms with Gasteiger partial charge in [0.15, 0.2) is 0 Å². The summed E-state index contributed by atoms with van der Waals surface area (Å²) in [6.07, 6.45) is 4.70. The van der Waals surface area contributed by atoms with Gasteiger partial charge in [-0.05, 0) is 60.9 Å². The first-order valence-electron chi connectivity index (χ1n) is 9.91. The van der Waals surface area contributed by atoms with Crippen LogP contribution in [0.1, 0.15) is 31.2 Å². The molecule has 0 radical (unpaired) electrons. The SMILES string of the molecule is COc1ccc(NC(=O)CCCCCN2C(=O)C(=Cc3cccc(Br)c3)SC2=S)cc1. The minimum absolute atomic E-state index is 0.0206. The van der Waals surface area contributed by atoms with Crippen LogP contribution in [0.5, 0.6) is 5.75 Å². The molecule has 0 bridgehead atoms. The van der Waals surface area contributed by atoms with E-state index in [4.69, 9.17) is 17.0 Å². The maximum Gasteiger partial charge on any atom is 0.266 e. The Bertz CT molecular complexity index is 993. The van der Waals surface area contributed by atoms with Crippen molar-refractivity contribution in [3.05, 3.63) is 63.5 Å². The van der Waals surface area contributed by atoms with Crippen molar-refractivity contribution in [2.45, 2.75) is 25.7 Å². The van der Waals surface area contributed by atoms with Crippen molar-refractivity contribution >= 4 is 67.8 Å². The molecule has 0 aromatic heterocycles. The van der Waals surface area contributed by atoms with Crippen LogP contribution >= 0.6 is 39.9 Å². The van der Waals surface area contributed by atoms with Gasteiger partial charge >= 0.3 is 0 Å². The third-order valence-corrected chi connectivity index (χ3v) is 6.55. The van der Waals surface area contributed by atoms with Crippen molar-refractivity contribution in [2.75, 3.05) is 19.0 Å². The number of ether oxygens (including phenoxy) is 1. The summed E-state index contributed by atoms with van der Waals surface area (Å²) in [6.45, 7) is 0.570. The lowest BCUT2D eigenvalue weighted by Gasteiger charge is -2.14. The van der Waals surface area contributed by atoms with Gasteiger partial charge in [-0.3, -0.25) is 14.5 Å². The number of carbonyl (C=O) groups excluding carboxylic acids is 2. The summed E-state index contributed by atoms with van der Waals surface area (Å²) in [5.41, 5.74) is 1.71. The maximum atomic E-state index is 12.7. The average Bonchev–Trinajstić information content (AvgIpc) is 3.01. The fourth-order valence-electron chi connectivity index (χ4n) is 3.07. The number of thiocarbonyl (C=S) groups is 1. The zero-order valence-corrected chi connectivity index (χ0v) is 20.3. The van der Waals surface area contributed by atoms with E-state index in [-0.39, 0.29) is 11.8 Å². The molecule has 1 heterocycles. The van der Waals surface area contributed by atoms with Gasteiger partial charge in [-0.2, -0.15) is 0 Å². The number of methoxy groups -OCH3 is 1. The smallest absolute Gasteiger partial charge is 0.266 e. The summed E-state index contributed by atoms with van der Waals surface area (Å²) in [6, 6.07) is 15.0. The number of carbonyl (C=O) groups is 2. The third kappa shape index (κ3) is 6.92. The Kier molecular flexibility index (Phi) is 8.69. The molecule has 1 aliphatic heterocycles. The minimum Gasteiger partial charge on any atom is -0.497 e. The first-order chi connectivity index (χ1) is 15.0. The molecule has 1 aliphatic rings. The second kappa shape index (κ2) is 11.5. The van der Waals surface area contributed by atoms with Gasteiger partial charge in [-0.25, -0.2) is 0 Å². The van der Waals surface area contributed by atoms with Gasteiger partial charge in [0.25, 0.3) is 5.91 Å². The number of halogens is 1. The molecule has 2 amide bonds. The maximum absolute atomic E-state index is 12.7. The van der Waals surface area contributed by atoms with Crippen molar-refractivity contribution < 1.29 is 14.3 Å². The monoisotopic (exact) mass is 518 g/mol. The lowest BCUT2D eigenvalue weighted by molar-refractivity contribution is -0.122. The number of thioether (sulfide) groups is 1. The lowest BCUT2D eigenvalue weighted by Crippen LogP contribution is -2.29. The number of nitrogens with zero attached hydrogens (tertiary/aromatic N) is 1. The molecule has 0 atom stereocenters. The molecule has 0 unspecified atom stereocenters. The molecule has 31 heavy (non-hydrogen) atoms. The van der Waals surface area contributed by atoms with Gasteiger partial charge in [0.1, 0.15) is 10.1 Å². The van der Waals surface area contributed by atoms with Crippen LogP contribution in [0.15, 0.2) is 57.9 Å². The largest absolute Gasteiger partial charge is 0.497 e. The van der Waals surface area contributed by atoms with Gasteiger partial charge in [-0.1, -0.05) is 58.5 Å². The number of nitrogens with one attached hydrogen (secondary N) is 1. The second-order valence-electron chi connectivity index (χ2n) is 6.98. The van der Waals surface area contributed by atoms with E-state index >= 15 is 0 Å². The second-order valence-corrected chi connectivity index (χ2v) is 9.57. The number of unbranched alkanes of at least 4 members (excludes halogenated alkanes) is 2. The Balaban J connectivity index is 1.40. The van der Waals surface area contributed by atoms with Gasteiger partial charge < -0.3 is 10.1 Å². The van der Waals surface area contributed by atoms with E-state index in [0.29, 0.717) is 22.2 Å². The molecule has 1 fully saturated rings. The Hall–Kier alpha value is -2.16. The van der Waals surface area contributed by atoms with Crippen LogP contribution < -0.4 is 10.1 Å². The van der Waals surface area contributed by atoms with E-state index in [0.717, 1.165) is 40.7 Å². The molecule has 1 N–H and O–H groups in total. The summed E-state index contributed by atoms with van der Waals surface area (Å²) >= 11 is 10.2.